The summed E-state index contributed by atoms with van der Waals surface area (Å²) in [6.45, 7) is 9.20. The van der Waals surface area contributed by atoms with Crippen molar-refractivity contribution in [3.05, 3.63) is 23.8 Å². The van der Waals surface area contributed by atoms with Crippen molar-refractivity contribution in [1.29, 1.82) is 0 Å². The van der Waals surface area contributed by atoms with Gasteiger partial charge >= 0.3 is 0 Å². The van der Waals surface area contributed by atoms with Crippen molar-refractivity contribution >= 4 is 5.91 Å². The third kappa shape index (κ3) is 4.63. The van der Waals surface area contributed by atoms with Crippen LogP contribution in [-0.4, -0.2) is 37.2 Å². The van der Waals surface area contributed by atoms with E-state index in [0.29, 0.717) is 12.5 Å². The van der Waals surface area contributed by atoms with Crippen molar-refractivity contribution in [2.75, 3.05) is 26.4 Å². The van der Waals surface area contributed by atoms with Crippen LogP contribution in [0.15, 0.2) is 18.2 Å². The van der Waals surface area contributed by atoms with Crippen molar-refractivity contribution in [3.8, 4) is 11.5 Å². The Kier molecular flexibility index (Phi) is 5.44. The topological polar surface area (TPSA) is 50.8 Å². The van der Waals surface area contributed by atoms with Crippen LogP contribution in [0.5, 0.6) is 11.5 Å². The number of carbonyl (C=O) groups excluding carboxylic acids is 1. The molecule has 2 rings (SSSR count). The summed E-state index contributed by atoms with van der Waals surface area (Å²) in [6.07, 6.45) is 0. The summed E-state index contributed by atoms with van der Waals surface area (Å²) in [5, 5.41) is 2.95. The van der Waals surface area contributed by atoms with Gasteiger partial charge in [0.1, 0.15) is 0 Å². The number of likely N-dealkylation sites (N-methyl/N-ethyl adjacent to an activating group) is 1. The summed E-state index contributed by atoms with van der Waals surface area (Å²) >= 11 is 0. The van der Waals surface area contributed by atoms with E-state index in [1.807, 2.05) is 18.2 Å². The molecule has 0 spiro atoms. The Bertz CT molecular complexity index is 488. The molecule has 0 unspecified atom stereocenters. The molecule has 1 aliphatic rings. The van der Waals surface area contributed by atoms with Gasteiger partial charge in [0.05, 0.1) is 6.54 Å². The Morgan fingerprint density at radius 3 is 2.81 bits per heavy atom. The largest absolute Gasteiger partial charge is 0.454 e. The van der Waals surface area contributed by atoms with Gasteiger partial charge in [-0.15, -0.1) is 0 Å². The highest BCUT2D eigenvalue weighted by atomic mass is 16.7. The van der Waals surface area contributed by atoms with Crippen LogP contribution in [0, 0.1) is 5.92 Å². The predicted octanol–water partition coefficient (Wildman–Crippen LogP) is 2.01. The highest BCUT2D eigenvalue weighted by Gasteiger charge is 2.15. The lowest BCUT2D eigenvalue weighted by Gasteiger charge is -2.20. The first-order valence-corrected chi connectivity index (χ1v) is 7.46. The van der Waals surface area contributed by atoms with Gasteiger partial charge in [0.15, 0.2) is 11.5 Å². The first-order chi connectivity index (χ1) is 10.1. The standard InChI is InChI=1S/C16H24N2O3/c1-4-18(10-16(19)17-8-12(2)3)9-13-5-6-14-15(7-13)21-11-20-14/h5-7,12H,4,8-11H2,1-3H3,(H,17,19). The summed E-state index contributed by atoms with van der Waals surface area (Å²) in [4.78, 5) is 14.0. The van der Waals surface area contributed by atoms with Gasteiger partial charge in [0, 0.05) is 13.1 Å². The fourth-order valence-electron chi connectivity index (χ4n) is 2.15. The second-order valence-electron chi connectivity index (χ2n) is 5.69. The molecule has 1 N–H and O–H groups in total. The molecule has 1 heterocycles. The molecular weight excluding hydrogens is 268 g/mol. The Labute approximate surface area is 126 Å². The molecule has 0 atom stereocenters. The molecule has 0 fully saturated rings. The van der Waals surface area contributed by atoms with E-state index in [0.717, 1.165) is 36.7 Å². The van der Waals surface area contributed by atoms with Crippen molar-refractivity contribution < 1.29 is 14.3 Å². The zero-order chi connectivity index (χ0) is 15.2. The number of ether oxygens (including phenoxy) is 2. The average Bonchev–Trinajstić information content (AvgIpc) is 2.92. The zero-order valence-electron chi connectivity index (χ0n) is 13.0. The Morgan fingerprint density at radius 1 is 1.33 bits per heavy atom. The molecule has 0 bridgehead atoms. The molecule has 5 nitrogen and oxygen atoms in total. The summed E-state index contributed by atoms with van der Waals surface area (Å²) in [5.74, 6) is 2.12. The van der Waals surface area contributed by atoms with Crippen molar-refractivity contribution in [1.82, 2.24) is 10.2 Å². The van der Waals surface area contributed by atoms with E-state index in [9.17, 15) is 4.79 Å². The first kappa shape index (κ1) is 15.6. The van der Waals surface area contributed by atoms with E-state index in [2.05, 4.69) is 31.0 Å². The van der Waals surface area contributed by atoms with Crippen molar-refractivity contribution in [3.63, 3.8) is 0 Å². The van der Waals surface area contributed by atoms with Gasteiger partial charge in [0.2, 0.25) is 12.7 Å². The second-order valence-corrected chi connectivity index (χ2v) is 5.69. The van der Waals surface area contributed by atoms with Crippen LogP contribution in [-0.2, 0) is 11.3 Å². The van der Waals surface area contributed by atoms with Crippen LogP contribution in [0.25, 0.3) is 0 Å². The number of benzene rings is 1. The lowest BCUT2D eigenvalue weighted by Crippen LogP contribution is -2.38. The summed E-state index contributed by atoms with van der Waals surface area (Å²) < 4.78 is 10.7. The molecule has 5 heteroatoms. The molecule has 21 heavy (non-hydrogen) atoms. The molecule has 1 aromatic rings. The van der Waals surface area contributed by atoms with E-state index in [4.69, 9.17) is 9.47 Å². The van der Waals surface area contributed by atoms with Gasteiger partial charge in [-0.3, -0.25) is 9.69 Å². The first-order valence-electron chi connectivity index (χ1n) is 7.46. The monoisotopic (exact) mass is 292 g/mol. The normalized spacial score (nSPS) is 13.0. The maximum absolute atomic E-state index is 11.9. The summed E-state index contributed by atoms with van der Waals surface area (Å²) in [7, 11) is 0. The van der Waals surface area contributed by atoms with Crippen LogP contribution in [0.4, 0.5) is 0 Å². The van der Waals surface area contributed by atoms with Gasteiger partial charge in [-0.2, -0.15) is 0 Å². The number of fused-ring (bicyclic) bond motifs is 1. The fraction of sp³-hybridized carbons (Fsp3) is 0.562. The summed E-state index contributed by atoms with van der Waals surface area (Å²) in [6, 6.07) is 5.92. The van der Waals surface area contributed by atoms with Crippen LogP contribution < -0.4 is 14.8 Å². The lowest BCUT2D eigenvalue weighted by atomic mass is 10.2. The number of nitrogens with zero attached hydrogens (tertiary/aromatic N) is 1. The van der Waals surface area contributed by atoms with Gasteiger partial charge in [-0.25, -0.2) is 0 Å². The van der Waals surface area contributed by atoms with E-state index >= 15 is 0 Å². The minimum atomic E-state index is 0.0753. The highest BCUT2D eigenvalue weighted by molar-refractivity contribution is 5.78. The molecule has 0 radical (unpaired) electrons. The number of rotatable bonds is 7. The quantitative estimate of drug-likeness (QED) is 0.835. The molecular formula is C16H24N2O3. The lowest BCUT2D eigenvalue weighted by molar-refractivity contribution is -0.122. The van der Waals surface area contributed by atoms with E-state index < -0.39 is 0 Å². The number of amides is 1. The van der Waals surface area contributed by atoms with Gasteiger partial charge in [-0.05, 0) is 30.2 Å². The minimum Gasteiger partial charge on any atom is -0.454 e. The Morgan fingerprint density at radius 2 is 2.10 bits per heavy atom. The van der Waals surface area contributed by atoms with Crippen LogP contribution in [0.1, 0.15) is 26.3 Å². The fourth-order valence-corrected chi connectivity index (χ4v) is 2.15. The number of nitrogens with one attached hydrogen (secondary N) is 1. The average molecular weight is 292 g/mol. The van der Waals surface area contributed by atoms with Gasteiger partial charge < -0.3 is 14.8 Å². The number of hydrogen-bond donors (Lipinski definition) is 1. The van der Waals surface area contributed by atoms with Crippen molar-refractivity contribution in [2.45, 2.75) is 27.3 Å². The van der Waals surface area contributed by atoms with E-state index in [1.165, 1.54) is 0 Å². The maximum Gasteiger partial charge on any atom is 0.234 e. The van der Waals surface area contributed by atoms with Crippen LogP contribution in [0.3, 0.4) is 0 Å². The predicted molar refractivity (Wildman–Crippen MR) is 81.4 cm³/mol. The van der Waals surface area contributed by atoms with Crippen LogP contribution >= 0.6 is 0 Å². The van der Waals surface area contributed by atoms with Gasteiger partial charge in [-0.1, -0.05) is 26.8 Å². The molecule has 1 aliphatic heterocycles. The molecule has 1 amide bonds. The molecule has 0 saturated carbocycles. The van der Waals surface area contributed by atoms with Crippen LogP contribution in [0.2, 0.25) is 0 Å². The van der Waals surface area contributed by atoms with E-state index in [1.54, 1.807) is 0 Å². The second kappa shape index (κ2) is 7.31. The maximum atomic E-state index is 11.9. The van der Waals surface area contributed by atoms with Gasteiger partial charge in [0.25, 0.3) is 0 Å². The third-order valence-corrected chi connectivity index (χ3v) is 3.37. The minimum absolute atomic E-state index is 0.0753. The molecule has 0 saturated heterocycles. The Balaban J connectivity index is 1.88. The highest BCUT2D eigenvalue weighted by Crippen LogP contribution is 2.32. The summed E-state index contributed by atoms with van der Waals surface area (Å²) in [5.41, 5.74) is 1.12. The number of carbonyl (C=O) groups is 1. The smallest absolute Gasteiger partial charge is 0.234 e. The van der Waals surface area contributed by atoms with Crippen molar-refractivity contribution in [2.24, 2.45) is 5.92 Å². The molecule has 0 aromatic heterocycles. The molecule has 116 valence electrons. The van der Waals surface area contributed by atoms with E-state index in [-0.39, 0.29) is 12.7 Å². The number of hydrogen-bond acceptors (Lipinski definition) is 4. The SMILES string of the molecule is CCN(CC(=O)NCC(C)C)Cc1ccc2c(c1)OCO2. The molecule has 1 aromatic carbocycles. The third-order valence-electron chi connectivity index (χ3n) is 3.37. The Hall–Kier alpha value is -1.75. The molecule has 0 aliphatic carbocycles. The zero-order valence-corrected chi connectivity index (χ0v) is 13.0.